The molecule has 1 heterocycles. The maximum Gasteiger partial charge on any atom is 0.261 e. The molecule has 0 radical (unpaired) electrons. The summed E-state index contributed by atoms with van der Waals surface area (Å²) in [5, 5.41) is 1.32. The lowest BCUT2D eigenvalue weighted by atomic mass is 10.3. The number of fused-ring (bicyclic) bond motifs is 1. The summed E-state index contributed by atoms with van der Waals surface area (Å²) in [5.74, 6) is 0.461. The molecule has 0 aliphatic rings. The fourth-order valence-corrected chi connectivity index (χ4v) is 4.98. The van der Waals surface area contributed by atoms with Crippen LogP contribution in [-0.4, -0.2) is 20.0 Å². The summed E-state index contributed by atoms with van der Waals surface area (Å²) in [5.41, 5.74) is 1.37. The molecule has 5 nitrogen and oxygen atoms in total. The third-order valence-electron chi connectivity index (χ3n) is 3.66. The predicted molar refractivity (Wildman–Crippen MR) is 107 cm³/mol. The van der Waals surface area contributed by atoms with Gasteiger partial charge in [0, 0.05) is 0 Å². The van der Waals surface area contributed by atoms with Crippen molar-refractivity contribution in [3.63, 3.8) is 0 Å². The number of ether oxygens (including phenoxy) is 1. The largest absolute Gasteiger partial charge is 0.492 e. The zero-order chi connectivity index (χ0) is 18.7. The van der Waals surface area contributed by atoms with Gasteiger partial charge in [-0.05, 0) is 56.2 Å². The van der Waals surface area contributed by atoms with Crippen LogP contribution in [0.5, 0.6) is 5.75 Å². The van der Waals surface area contributed by atoms with Crippen LogP contribution < -0.4 is 9.46 Å². The minimum Gasteiger partial charge on any atom is -0.492 e. The van der Waals surface area contributed by atoms with E-state index in [1.165, 1.54) is 12.1 Å². The molecule has 0 fully saturated rings. The molecule has 0 atom stereocenters. The monoisotopic (exact) mass is 410 g/mol. The van der Waals surface area contributed by atoms with Crippen LogP contribution in [0.15, 0.2) is 41.3 Å². The molecular weight excluding hydrogens is 392 g/mol. The summed E-state index contributed by atoms with van der Waals surface area (Å²) in [4.78, 5) is 4.63. The maximum atomic E-state index is 12.6. The number of benzene rings is 2. The third-order valence-corrected chi connectivity index (χ3v) is 6.41. The van der Waals surface area contributed by atoms with Crippen molar-refractivity contribution in [2.75, 3.05) is 11.3 Å². The number of anilines is 1. The van der Waals surface area contributed by atoms with Crippen molar-refractivity contribution in [3.05, 3.63) is 46.4 Å². The average Bonchev–Trinajstić information content (AvgIpc) is 2.98. The molecule has 0 spiro atoms. The number of nitrogens with one attached hydrogen (secondary N) is 1. The number of hydrogen-bond donors (Lipinski definition) is 1. The van der Waals surface area contributed by atoms with Gasteiger partial charge in [0.15, 0.2) is 0 Å². The number of rotatable bonds is 7. The van der Waals surface area contributed by atoms with Gasteiger partial charge in [0.25, 0.3) is 10.0 Å². The Morgan fingerprint density at radius 2 is 2.00 bits per heavy atom. The number of hydrogen-bond acceptors (Lipinski definition) is 5. The highest BCUT2D eigenvalue weighted by Gasteiger charge is 2.17. The molecule has 0 saturated carbocycles. The van der Waals surface area contributed by atoms with Gasteiger partial charge in [-0.15, -0.1) is 11.3 Å². The van der Waals surface area contributed by atoms with E-state index >= 15 is 0 Å². The van der Waals surface area contributed by atoms with Crippen molar-refractivity contribution in [3.8, 4) is 5.75 Å². The van der Waals surface area contributed by atoms with Gasteiger partial charge in [0.05, 0.1) is 37.4 Å². The Bertz CT molecular complexity index is 1030. The first-order valence-corrected chi connectivity index (χ1v) is 11.0. The zero-order valence-electron chi connectivity index (χ0n) is 14.5. The highest BCUT2D eigenvalue weighted by atomic mass is 35.5. The fourth-order valence-electron chi connectivity index (χ4n) is 2.49. The Morgan fingerprint density at radius 1 is 1.19 bits per heavy atom. The number of thiazole rings is 1. The first-order valence-electron chi connectivity index (χ1n) is 8.27. The fraction of sp³-hybridized carbons (Fsp3) is 0.278. The van der Waals surface area contributed by atoms with Gasteiger partial charge in [-0.25, -0.2) is 13.4 Å². The molecule has 0 aliphatic carbocycles. The van der Waals surface area contributed by atoms with E-state index in [0.717, 1.165) is 28.1 Å². The normalized spacial score (nSPS) is 11.7. The van der Waals surface area contributed by atoms with E-state index in [1.54, 1.807) is 29.5 Å². The van der Waals surface area contributed by atoms with Crippen LogP contribution in [0.1, 0.15) is 25.3 Å². The van der Waals surface area contributed by atoms with Crippen molar-refractivity contribution >= 4 is 48.9 Å². The summed E-state index contributed by atoms with van der Waals surface area (Å²) in [6.45, 7) is 4.40. The van der Waals surface area contributed by atoms with Crippen molar-refractivity contribution in [2.24, 2.45) is 0 Å². The van der Waals surface area contributed by atoms with E-state index in [1.807, 2.05) is 13.0 Å². The molecule has 138 valence electrons. The van der Waals surface area contributed by atoms with Gasteiger partial charge in [-0.3, -0.25) is 4.72 Å². The van der Waals surface area contributed by atoms with Crippen LogP contribution in [0.25, 0.3) is 10.2 Å². The second-order valence-corrected chi connectivity index (χ2v) is 8.88. The van der Waals surface area contributed by atoms with Crippen molar-refractivity contribution < 1.29 is 13.2 Å². The predicted octanol–water partition coefficient (Wildman–Crippen LogP) is 5.10. The molecule has 0 aliphatic heterocycles. The van der Waals surface area contributed by atoms with Crippen molar-refractivity contribution in [1.82, 2.24) is 4.98 Å². The maximum absolute atomic E-state index is 12.6. The Kier molecular flexibility index (Phi) is 5.70. The molecular formula is C18H19ClN2O3S2. The first kappa shape index (κ1) is 18.9. The summed E-state index contributed by atoms with van der Waals surface area (Å²) in [6.07, 6.45) is 1.95. The van der Waals surface area contributed by atoms with Crippen LogP contribution in [-0.2, 0) is 16.4 Å². The van der Waals surface area contributed by atoms with Crippen LogP contribution in [0.4, 0.5) is 5.69 Å². The van der Waals surface area contributed by atoms with Crippen molar-refractivity contribution in [2.45, 2.75) is 31.6 Å². The van der Waals surface area contributed by atoms with Gasteiger partial charge >= 0.3 is 0 Å². The van der Waals surface area contributed by atoms with Crippen LogP contribution in [0.3, 0.4) is 0 Å². The summed E-state index contributed by atoms with van der Waals surface area (Å²) >= 11 is 7.69. The van der Waals surface area contributed by atoms with Gasteiger partial charge in [0.2, 0.25) is 0 Å². The molecule has 0 bridgehead atoms. The number of aromatic nitrogens is 1. The lowest BCUT2D eigenvalue weighted by Gasteiger charge is -2.10. The molecule has 0 amide bonds. The molecule has 26 heavy (non-hydrogen) atoms. The molecule has 1 N–H and O–H groups in total. The Hall–Kier alpha value is -1.83. The Morgan fingerprint density at radius 3 is 2.69 bits per heavy atom. The molecule has 0 unspecified atom stereocenters. The summed E-state index contributed by atoms with van der Waals surface area (Å²) in [6, 6.07) is 9.77. The van der Waals surface area contributed by atoms with Gasteiger partial charge in [0.1, 0.15) is 5.75 Å². The molecule has 3 aromatic rings. The second-order valence-electron chi connectivity index (χ2n) is 5.67. The molecule has 1 aromatic heterocycles. The van der Waals surface area contributed by atoms with E-state index in [2.05, 4.69) is 16.6 Å². The topological polar surface area (TPSA) is 68.3 Å². The van der Waals surface area contributed by atoms with Crippen LogP contribution in [0, 0.1) is 0 Å². The second kappa shape index (κ2) is 7.82. The van der Waals surface area contributed by atoms with Crippen LogP contribution >= 0.6 is 22.9 Å². The lowest BCUT2D eigenvalue weighted by Crippen LogP contribution is -2.13. The molecule has 8 heteroatoms. The number of halogens is 1. The summed E-state index contributed by atoms with van der Waals surface area (Å²) in [7, 11) is -3.75. The minimum atomic E-state index is -3.75. The van der Waals surface area contributed by atoms with Gasteiger partial charge < -0.3 is 4.74 Å². The smallest absolute Gasteiger partial charge is 0.261 e. The molecule has 0 saturated heterocycles. The van der Waals surface area contributed by atoms with Crippen LogP contribution in [0.2, 0.25) is 5.02 Å². The van der Waals surface area contributed by atoms with E-state index in [9.17, 15) is 8.42 Å². The molecule has 3 rings (SSSR count). The third kappa shape index (κ3) is 4.11. The SMILES string of the molecule is CCCc1nc2ccc(NS(=O)(=O)c3ccc(OCC)c(Cl)c3)cc2s1. The quantitative estimate of drug-likeness (QED) is 0.588. The van der Waals surface area contributed by atoms with Gasteiger partial charge in [-0.2, -0.15) is 0 Å². The lowest BCUT2D eigenvalue weighted by molar-refractivity contribution is 0.340. The minimum absolute atomic E-state index is 0.0852. The standard InChI is InChI=1S/C18H19ClN2O3S2/c1-3-5-18-20-15-8-6-12(10-17(15)25-18)21-26(22,23)13-7-9-16(24-4-2)14(19)11-13/h6-11,21H,3-5H2,1-2H3. The van der Waals surface area contributed by atoms with Gasteiger partial charge in [-0.1, -0.05) is 18.5 Å². The van der Waals surface area contributed by atoms with E-state index in [0.29, 0.717) is 18.0 Å². The van der Waals surface area contributed by atoms with E-state index < -0.39 is 10.0 Å². The molecule has 2 aromatic carbocycles. The zero-order valence-corrected chi connectivity index (χ0v) is 16.8. The number of nitrogens with zero attached hydrogens (tertiary/aromatic N) is 1. The average molecular weight is 411 g/mol. The Labute approximate surface area is 162 Å². The van der Waals surface area contributed by atoms with E-state index in [4.69, 9.17) is 16.3 Å². The number of sulfonamides is 1. The highest BCUT2D eigenvalue weighted by molar-refractivity contribution is 7.92. The first-order chi connectivity index (χ1) is 12.4. The Balaban J connectivity index is 1.86. The van der Waals surface area contributed by atoms with E-state index in [-0.39, 0.29) is 9.92 Å². The highest BCUT2D eigenvalue weighted by Crippen LogP contribution is 2.30. The number of aryl methyl sites for hydroxylation is 1. The summed E-state index contributed by atoms with van der Waals surface area (Å²) < 4.78 is 34.2. The van der Waals surface area contributed by atoms with Crippen molar-refractivity contribution in [1.29, 1.82) is 0 Å².